The summed E-state index contributed by atoms with van der Waals surface area (Å²) in [5.74, 6) is -1.59. The number of carboxylic acid groups (broad SMARTS) is 1. The summed E-state index contributed by atoms with van der Waals surface area (Å²) in [4.78, 5) is 21.9. The van der Waals surface area contributed by atoms with Gasteiger partial charge in [-0.3, -0.25) is 9.59 Å². The fourth-order valence-electron chi connectivity index (χ4n) is 2.27. The summed E-state index contributed by atoms with van der Waals surface area (Å²) in [6.07, 6.45) is 0.877. The summed E-state index contributed by atoms with van der Waals surface area (Å²) in [5, 5.41) is 8.82. The van der Waals surface area contributed by atoms with Crippen molar-refractivity contribution < 1.29 is 19.4 Å². The van der Waals surface area contributed by atoms with Crippen molar-refractivity contribution in [3.63, 3.8) is 0 Å². The molecule has 4 heteroatoms. The van der Waals surface area contributed by atoms with E-state index in [-0.39, 0.29) is 5.41 Å². The number of esters is 1. The smallest absolute Gasteiger partial charge is 0.323 e. The number of carboxylic acids is 1. The number of carbonyl (C=O) groups is 2. The molecule has 2 bridgehead atoms. The lowest BCUT2D eigenvalue weighted by molar-refractivity contribution is -0.212. The number of aliphatic carboxylic acids is 1. The first-order valence-corrected chi connectivity index (χ1v) is 3.89. The Bertz CT molecular complexity index is 262. The Morgan fingerprint density at radius 2 is 2.17 bits per heavy atom. The number of hydrogen-bond acceptors (Lipinski definition) is 3. The van der Waals surface area contributed by atoms with Crippen LogP contribution in [0, 0.1) is 10.8 Å². The average Bonchev–Trinajstić information content (AvgIpc) is 1.92. The molecular formula is C8H10O4. The Morgan fingerprint density at radius 3 is 2.58 bits per heavy atom. The highest BCUT2D eigenvalue weighted by molar-refractivity contribution is 6.01. The highest BCUT2D eigenvalue weighted by Crippen LogP contribution is 2.58. The van der Waals surface area contributed by atoms with Crippen LogP contribution in [0.1, 0.15) is 19.8 Å². The molecule has 2 heterocycles. The van der Waals surface area contributed by atoms with E-state index in [9.17, 15) is 9.59 Å². The molecule has 1 saturated carbocycles. The maximum absolute atomic E-state index is 11.1. The van der Waals surface area contributed by atoms with Crippen molar-refractivity contribution in [3.05, 3.63) is 0 Å². The maximum Gasteiger partial charge on any atom is 0.323 e. The molecule has 0 spiro atoms. The first-order valence-electron chi connectivity index (χ1n) is 3.89. The molecule has 0 radical (unpaired) electrons. The van der Waals surface area contributed by atoms with Gasteiger partial charge in [-0.15, -0.1) is 0 Å². The summed E-state index contributed by atoms with van der Waals surface area (Å²) >= 11 is 0. The van der Waals surface area contributed by atoms with E-state index < -0.39 is 17.4 Å². The van der Waals surface area contributed by atoms with Crippen LogP contribution in [0.4, 0.5) is 0 Å². The number of carbonyl (C=O) groups excluding carboxylic acids is 1. The second-order valence-corrected chi connectivity index (χ2v) is 4.13. The number of rotatable bonds is 1. The van der Waals surface area contributed by atoms with E-state index >= 15 is 0 Å². The van der Waals surface area contributed by atoms with E-state index in [0.717, 1.165) is 0 Å². The van der Waals surface area contributed by atoms with Crippen LogP contribution in [0.5, 0.6) is 0 Å². The van der Waals surface area contributed by atoms with Gasteiger partial charge in [-0.2, -0.15) is 0 Å². The molecule has 3 aliphatic rings. The van der Waals surface area contributed by atoms with Crippen molar-refractivity contribution in [2.75, 3.05) is 6.61 Å². The van der Waals surface area contributed by atoms with Crippen molar-refractivity contribution in [1.29, 1.82) is 0 Å². The van der Waals surface area contributed by atoms with E-state index in [2.05, 4.69) is 0 Å². The molecule has 0 unspecified atom stereocenters. The van der Waals surface area contributed by atoms with Crippen LogP contribution in [0.25, 0.3) is 0 Å². The van der Waals surface area contributed by atoms with Crippen LogP contribution in [-0.2, 0) is 14.3 Å². The number of ether oxygens (including phenoxy) is 1. The van der Waals surface area contributed by atoms with E-state index in [1.54, 1.807) is 0 Å². The first-order chi connectivity index (χ1) is 5.49. The van der Waals surface area contributed by atoms with Gasteiger partial charge in [0.15, 0.2) is 5.41 Å². The lowest BCUT2D eigenvalue weighted by Crippen LogP contribution is -2.61. The first kappa shape index (κ1) is 7.58. The third-order valence-corrected chi connectivity index (χ3v) is 2.81. The molecule has 12 heavy (non-hydrogen) atoms. The van der Waals surface area contributed by atoms with Crippen LogP contribution in [0.3, 0.4) is 0 Å². The van der Waals surface area contributed by atoms with Gasteiger partial charge in [0.25, 0.3) is 0 Å². The zero-order chi connectivity index (χ0) is 8.98. The molecule has 0 atom stereocenters. The van der Waals surface area contributed by atoms with E-state index in [0.29, 0.717) is 19.4 Å². The summed E-state index contributed by atoms with van der Waals surface area (Å²) in [5.41, 5.74) is -1.28. The van der Waals surface area contributed by atoms with Gasteiger partial charge in [-0.25, -0.2) is 0 Å². The molecule has 2 saturated heterocycles. The highest BCUT2D eigenvalue weighted by atomic mass is 16.5. The monoisotopic (exact) mass is 170 g/mol. The lowest BCUT2D eigenvalue weighted by Gasteiger charge is -2.53. The third-order valence-electron chi connectivity index (χ3n) is 2.81. The average molecular weight is 170 g/mol. The second kappa shape index (κ2) is 1.81. The van der Waals surface area contributed by atoms with Gasteiger partial charge < -0.3 is 9.84 Å². The van der Waals surface area contributed by atoms with Crippen molar-refractivity contribution in [1.82, 2.24) is 0 Å². The Morgan fingerprint density at radius 1 is 1.58 bits per heavy atom. The molecule has 1 aliphatic carbocycles. The SMILES string of the molecule is CC12COC(=O)C(C(=O)O)(C1)C2. The highest BCUT2D eigenvalue weighted by Gasteiger charge is 2.66. The number of fused-ring (bicyclic) bond motifs is 2. The Labute approximate surface area is 69.5 Å². The predicted octanol–water partition coefficient (Wildman–Crippen LogP) is 0.414. The summed E-state index contributed by atoms with van der Waals surface area (Å²) in [6, 6.07) is 0. The topological polar surface area (TPSA) is 63.6 Å². The standard InChI is InChI=1S/C8H10O4/c1-7-2-8(3-7,5(9)10)6(11)12-4-7/h2-4H2,1H3,(H,9,10). The van der Waals surface area contributed by atoms with Crippen molar-refractivity contribution in [2.45, 2.75) is 19.8 Å². The molecule has 0 aromatic carbocycles. The lowest BCUT2D eigenvalue weighted by atomic mass is 9.52. The molecular weight excluding hydrogens is 160 g/mol. The Balaban J connectivity index is 2.29. The van der Waals surface area contributed by atoms with Crippen LogP contribution in [0.2, 0.25) is 0 Å². The van der Waals surface area contributed by atoms with Gasteiger partial charge in [0.2, 0.25) is 0 Å². The molecule has 4 nitrogen and oxygen atoms in total. The van der Waals surface area contributed by atoms with E-state index in [1.807, 2.05) is 6.92 Å². The summed E-state index contributed by atoms with van der Waals surface area (Å²) < 4.78 is 4.79. The normalized spacial score (nSPS) is 44.6. The summed E-state index contributed by atoms with van der Waals surface area (Å²) in [7, 11) is 0. The van der Waals surface area contributed by atoms with E-state index in [1.165, 1.54) is 0 Å². The molecule has 0 amide bonds. The molecule has 3 rings (SSSR count). The number of hydrogen-bond donors (Lipinski definition) is 1. The molecule has 3 fully saturated rings. The van der Waals surface area contributed by atoms with Gasteiger partial charge in [0.1, 0.15) is 0 Å². The van der Waals surface area contributed by atoms with Crippen LogP contribution >= 0.6 is 0 Å². The van der Waals surface area contributed by atoms with Gasteiger partial charge in [-0.1, -0.05) is 6.92 Å². The van der Waals surface area contributed by atoms with Crippen LogP contribution in [0.15, 0.2) is 0 Å². The molecule has 0 aromatic heterocycles. The van der Waals surface area contributed by atoms with Crippen molar-refractivity contribution >= 4 is 11.9 Å². The Hall–Kier alpha value is -1.06. The van der Waals surface area contributed by atoms with Crippen molar-refractivity contribution in [2.24, 2.45) is 10.8 Å². The molecule has 1 N–H and O–H groups in total. The summed E-state index contributed by atoms with van der Waals surface area (Å²) in [6.45, 7) is 2.32. The predicted molar refractivity (Wildman–Crippen MR) is 38.4 cm³/mol. The maximum atomic E-state index is 11.1. The zero-order valence-corrected chi connectivity index (χ0v) is 6.79. The fraction of sp³-hybridized carbons (Fsp3) is 0.750. The minimum absolute atomic E-state index is 0.0771. The van der Waals surface area contributed by atoms with Crippen molar-refractivity contribution in [3.8, 4) is 0 Å². The van der Waals surface area contributed by atoms with Gasteiger partial charge >= 0.3 is 11.9 Å². The third kappa shape index (κ3) is 0.673. The van der Waals surface area contributed by atoms with Gasteiger partial charge in [0.05, 0.1) is 6.61 Å². The van der Waals surface area contributed by atoms with Gasteiger partial charge in [-0.05, 0) is 12.8 Å². The van der Waals surface area contributed by atoms with E-state index in [4.69, 9.17) is 9.84 Å². The second-order valence-electron chi connectivity index (χ2n) is 4.13. The quantitative estimate of drug-likeness (QED) is 0.457. The Kier molecular flexibility index (Phi) is 1.14. The zero-order valence-electron chi connectivity index (χ0n) is 6.79. The molecule has 0 aromatic rings. The van der Waals surface area contributed by atoms with Crippen LogP contribution < -0.4 is 0 Å². The van der Waals surface area contributed by atoms with Crippen LogP contribution in [-0.4, -0.2) is 23.7 Å². The minimum atomic E-state index is -1.20. The molecule has 66 valence electrons. The molecule has 2 aliphatic heterocycles. The van der Waals surface area contributed by atoms with Gasteiger partial charge in [0, 0.05) is 5.41 Å². The minimum Gasteiger partial charge on any atom is -0.480 e. The largest absolute Gasteiger partial charge is 0.480 e. The fourth-order valence-corrected chi connectivity index (χ4v) is 2.27.